The summed E-state index contributed by atoms with van der Waals surface area (Å²) in [7, 11) is 1.63. The molecule has 90 valence electrons. The summed E-state index contributed by atoms with van der Waals surface area (Å²) in [6.07, 6.45) is 0. The van der Waals surface area contributed by atoms with Crippen molar-refractivity contribution < 1.29 is 13.5 Å². The molecule has 3 heteroatoms. The maximum Gasteiger partial charge on any atom is 0.135 e. The highest BCUT2D eigenvalue weighted by atomic mass is 18.2. The number of hydrogen-bond acceptors (Lipinski definition) is 2. The van der Waals surface area contributed by atoms with Gasteiger partial charge in [0.05, 0.1) is 7.11 Å². The molecule has 0 N–H and O–H groups in total. The van der Waals surface area contributed by atoms with Crippen LogP contribution in [-0.2, 0) is 0 Å². The van der Waals surface area contributed by atoms with Crippen molar-refractivity contribution in [3.05, 3.63) is 54.3 Å². The second-order valence-electron chi connectivity index (χ2n) is 4.02. The summed E-state index contributed by atoms with van der Waals surface area (Å²) in [6, 6.07) is 13.8. The average molecular weight is 241 g/mol. The molecule has 1 aromatic heterocycles. The monoisotopic (exact) mass is 241 g/mol. The van der Waals surface area contributed by atoms with Crippen molar-refractivity contribution >= 4 is 11.0 Å². The number of fused-ring (bicyclic) bond motifs is 1. The summed E-state index contributed by atoms with van der Waals surface area (Å²) in [5, 5.41) is 0.966. The molecule has 0 spiro atoms. The van der Waals surface area contributed by atoms with Crippen LogP contribution in [-0.4, -0.2) is 7.11 Å². The molecule has 0 saturated carbocycles. The summed E-state index contributed by atoms with van der Waals surface area (Å²) < 4.78 is 23.7. The van der Waals surface area contributed by atoms with Crippen LogP contribution in [0.1, 0.15) is 0 Å². The van der Waals surface area contributed by atoms with E-state index < -0.39 is 0 Å². The van der Waals surface area contributed by atoms with E-state index >= 15 is 0 Å². The van der Waals surface area contributed by atoms with Crippen LogP contribution in [0, 0.1) is 5.82 Å². The van der Waals surface area contributed by atoms with Crippen molar-refractivity contribution in [2.75, 3.05) is 7.11 Å². The number of halogens is 1. The van der Waals surface area contributed by atoms with E-state index in [2.05, 4.69) is 0 Å². The number of methoxy groups -OCH3 is 1. The number of rotatable bonds is 2. The van der Waals surface area contributed by atoms with E-state index in [-0.39, 0.29) is 5.82 Å². The van der Waals surface area contributed by atoms with Crippen LogP contribution < -0.4 is 4.74 Å². The van der Waals surface area contributed by atoms with Crippen molar-refractivity contribution in [1.29, 1.82) is 0 Å². The van der Waals surface area contributed by atoms with Crippen LogP contribution in [0.5, 0.6) is 5.75 Å². The fourth-order valence-electron chi connectivity index (χ4n) is 1.90. The lowest BCUT2D eigenvalue weighted by Gasteiger charge is -1.96. The Morgan fingerprint density at radius 3 is 2.50 bits per heavy atom. The highest BCUT2D eigenvalue weighted by Gasteiger charge is 2.07. The second kappa shape index (κ2) is 4.18. The van der Waals surface area contributed by atoms with E-state index in [0.717, 1.165) is 28.0 Å². The normalized spacial score (nSPS) is 10.8. The largest absolute Gasteiger partial charge is 0.497 e. The highest BCUT2D eigenvalue weighted by Crippen LogP contribution is 2.30. The predicted molar refractivity (Wildman–Crippen MR) is 68.2 cm³/mol. The smallest absolute Gasteiger partial charge is 0.135 e. The summed E-state index contributed by atoms with van der Waals surface area (Å²) in [5.74, 6) is 1.25. The Kier molecular flexibility index (Phi) is 2.52. The van der Waals surface area contributed by atoms with Gasteiger partial charge in [0, 0.05) is 10.9 Å². The van der Waals surface area contributed by atoms with Crippen LogP contribution in [0.3, 0.4) is 0 Å². The van der Waals surface area contributed by atoms with Gasteiger partial charge < -0.3 is 9.15 Å². The minimum atomic E-state index is -0.253. The van der Waals surface area contributed by atoms with E-state index in [1.54, 1.807) is 19.2 Å². The topological polar surface area (TPSA) is 22.4 Å². The standard InChI is InChI=1S/C15H11FO2/c1-17-13-6-7-14-11(8-13)9-15(18-14)10-2-4-12(16)5-3-10/h2-9H,1H3/i16-1. The van der Waals surface area contributed by atoms with Crippen LogP contribution in [0.25, 0.3) is 22.3 Å². The molecule has 2 aromatic carbocycles. The zero-order valence-corrected chi connectivity index (χ0v) is 9.81. The molecule has 18 heavy (non-hydrogen) atoms. The first-order valence-corrected chi connectivity index (χ1v) is 5.60. The van der Waals surface area contributed by atoms with E-state index in [4.69, 9.17) is 9.15 Å². The fraction of sp³-hybridized carbons (Fsp3) is 0.0667. The molecule has 0 radical (unpaired) electrons. The van der Waals surface area contributed by atoms with Gasteiger partial charge in [0.25, 0.3) is 0 Å². The lowest BCUT2D eigenvalue weighted by atomic mass is 10.1. The summed E-state index contributed by atoms with van der Waals surface area (Å²) in [4.78, 5) is 0. The number of ether oxygens (including phenoxy) is 1. The zero-order chi connectivity index (χ0) is 12.5. The number of benzene rings is 2. The van der Waals surface area contributed by atoms with E-state index in [1.807, 2.05) is 24.3 Å². The minimum Gasteiger partial charge on any atom is -0.497 e. The van der Waals surface area contributed by atoms with Gasteiger partial charge >= 0.3 is 0 Å². The van der Waals surface area contributed by atoms with E-state index in [1.165, 1.54) is 12.1 Å². The Labute approximate surface area is 104 Å². The first kappa shape index (κ1) is 10.8. The van der Waals surface area contributed by atoms with E-state index in [9.17, 15) is 4.39 Å². The van der Waals surface area contributed by atoms with Crippen molar-refractivity contribution in [2.24, 2.45) is 0 Å². The molecule has 3 rings (SSSR count). The Morgan fingerprint density at radius 2 is 1.78 bits per heavy atom. The van der Waals surface area contributed by atoms with Crippen LogP contribution in [0.15, 0.2) is 52.9 Å². The fourth-order valence-corrected chi connectivity index (χ4v) is 1.90. The summed E-state index contributed by atoms with van der Waals surface area (Å²) in [5.41, 5.74) is 1.64. The third kappa shape index (κ3) is 1.84. The summed E-state index contributed by atoms with van der Waals surface area (Å²) in [6.45, 7) is 0. The Balaban J connectivity index is 2.10. The van der Waals surface area contributed by atoms with Crippen molar-refractivity contribution in [3.63, 3.8) is 0 Å². The maximum atomic E-state index is 12.9. The van der Waals surface area contributed by atoms with Gasteiger partial charge in [0.1, 0.15) is 22.9 Å². The maximum absolute atomic E-state index is 12.9. The lowest BCUT2D eigenvalue weighted by Crippen LogP contribution is -1.79. The highest BCUT2D eigenvalue weighted by molar-refractivity contribution is 5.84. The molecule has 0 atom stereocenters. The van der Waals surface area contributed by atoms with Gasteiger partial charge in [-0.05, 0) is 48.5 Å². The Hall–Kier alpha value is -2.29. The van der Waals surface area contributed by atoms with Crippen LogP contribution in [0.4, 0.5) is 4.39 Å². The van der Waals surface area contributed by atoms with Gasteiger partial charge in [0.15, 0.2) is 0 Å². The van der Waals surface area contributed by atoms with Gasteiger partial charge in [0.2, 0.25) is 0 Å². The molecule has 3 aromatic rings. The predicted octanol–water partition coefficient (Wildman–Crippen LogP) is 4.25. The molecule has 0 bridgehead atoms. The molecule has 1 heterocycles. The van der Waals surface area contributed by atoms with Gasteiger partial charge in [-0.2, -0.15) is 0 Å². The molecule has 0 amide bonds. The Morgan fingerprint density at radius 1 is 1.00 bits per heavy atom. The lowest BCUT2D eigenvalue weighted by molar-refractivity contribution is 0.415. The Bertz CT molecular complexity index is 683. The zero-order valence-electron chi connectivity index (χ0n) is 9.81. The van der Waals surface area contributed by atoms with Crippen LogP contribution >= 0.6 is 0 Å². The number of hydrogen-bond donors (Lipinski definition) is 0. The summed E-state index contributed by atoms with van der Waals surface area (Å²) >= 11 is 0. The minimum absolute atomic E-state index is 0.253. The van der Waals surface area contributed by atoms with Gasteiger partial charge in [-0.15, -0.1) is 0 Å². The van der Waals surface area contributed by atoms with Gasteiger partial charge in [-0.25, -0.2) is 4.39 Å². The molecule has 0 aliphatic rings. The molecule has 2 nitrogen and oxygen atoms in total. The molecule has 0 saturated heterocycles. The molecule has 0 fully saturated rings. The first-order valence-electron chi connectivity index (χ1n) is 5.60. The molecule has 0 aliphatic heterocycles. The van der Waals surface area contributed by atoms with Gasteiger partial charge in [-0.3, -0.25) is 0 Å². The number of furan rings is 1. The van der Waals surface area contributed by atoms with Crippen molar-refractivity contribution in [2.45, 2.75) is 0 Å². The third-order valence-corrected chi connectivity index (χ3v) is 2.85. The second-order valence-corrected chi connectivity index (χ2v) is 4.02. The van der Waals surface area contributed by atoms with Gasteiger partial charge in [-0.1, -0.05) is 0 Å². The molecular weight excluding hydrogens is 230 g/mol. The molecule has 0 unspecified atom stereocenters. The SMILES string of the molecule is COc1ccc2oc(-c3ccc([18F])cc3)cc2c1. The quantitative estimate of drug-likeness (QED) is 0.669. The molecule has 0 aliphatic carbocycles. The van der Waals surface area contributed by atoms with Crippen molar-refractivity contribution in [3.8, 4) is 17.1 Å². The van der Waals surface area contributed by atoms with Crippen molar-refractivity contribution in [1.82, 2.24) is 0 Å². The third-order valence-electron chi connectivity index (χ3n) is 2.85. The first-order chi connectivity index (χ1) is 8.76. The van der Waals surface area contributed by atoms with Crippen LogP contribution in [0.2, 0.25) is 0 Å². The van der Waals surface area contributed by atoms with E-state index in [0.29, 0.717) is 0 Å². The molecular formula is C15H11FO2. The average Bonchev–Trinajstić information content (AvgIpc) is 2.82.